The summed E-state index contributed by atoms with van der Waals surface area (Å²) >= 11 is 0. The molecule has 1 saturated carbocycles. The first-order valence-electron chi connectivity index (χ1n) is 8.04. The second kappa shape index (κ2) is 6.35. The maximum Gasteiger partial charge on any atom is 0.274 e. The third-order valence-electron chi connectivity index (χ3n) is 3.90. The molecule has 3 aromatic rings. The highest BCUT2D eigenvalue weighted by Gasteiger charge is 2.23. The lowest BCUT2D eigenvalue weighted by molar-refractivity contribution is 0.102. The van der Waals surface area contributed by atoms with E-state index < -0.39 is 11.7 Å². The summed E-state index contributed by atoms with van der Waals surface area (Å²) in [5.74, 6) is -0.442. The highest BCUT2D eigenvalue weighted by molar-refractivity contribution is 6.04. The minimum atomic E-state index is -0.484. The Hall–Kier alpha value is -3.22. The summed E-state index contributed by atoms with van der Waals surface area (Å²) in [4.78, 5) is 16.8. The quantitative estimate of drug-likeness (QED) is 0.750. The molecular weight excluding hydrogens is 321 g/mol. The molecule has 7 heteroatoms. The van der Waals surface area contributed by atoms with Gasteiger partial charge in [-0.15, -0.1) is 0 Å². The molecule has 25 heavy (non-hydrogen) atoms. The predicted molar refractivity (Wildman–Crippen MR) is 92.4 cm³/mol. The summed E-state index contributed by atoms with van der Waals surface area (Å²) in [6, 6.07) is 11.8. The van der Waals surface area contributed by atoms with Crippen molar-refractivity contribution in [2.45, 2.75) is 18.9 Å². The molecule has 126 valence electrons. The van der Waals surface area contributed by atoms with Crippen LogP contribution in [0.2, 0.25) is 0 Å². The van der Waals surface area contributed by atoms with Crippen LogP contribution >= 0.6 is 0 Å². The van der Waals surface area contributed by atoms with E-state index in [0.717, 1.165) is 12.8 Å². The van der Waals surface area contributed by atoms with Crippen molar-refractivity contribution in [2.75, 3.05) is 10.6 Å². The monoisotopic (exact) mass is 337 g/mol. The first-order chi connectivity index (χ1) is 12.2. The normalized spacial score (nSPS) is 13.5. The number of rotatable bonds is 5. The molecule has 1 aliphatic rings. The molecule has 0 unspecified atom stereocenters. The van der Waals surface area contributed by atoms with Gasteiger partial charge in [-0.3, -0.25) is 4.79 Å². The van der Waals surface area contributed by atoms with Crippen LogP contribution < -0.4 is 10.6 Å². The van der Waals surface area contributed by atoms with Gasteiger partial charge < -0.3 is 10.6 Å². The van der Waals surface area contributed by atoms with Crippen molar-refractivity contribution in [3.05, 3.63) is 66.4 Å². The first-order valence-corrected chi connectivity index (χ1v) is 8.04. The third-order valence-corrected chi connectivity index (χ3v) is 3.90. The molecule has 0 saturated heterocycles. The Kier molecular flexibility index (Phi) is 3.89. The van der Waals surface area contributed by atoms with E-state index in [4.69, 9.17) is 0 Å². The molecule has 0 bridgehead atoms. The van der Waals surface area contributed by atoms with Crippen LogP contribution in [0.1, 0.15) is 23.3 Å². The number of hydrogen-bond donors (Lipinski definition) is 2. The summed E-state index contributed by atoms with van der Waals surface area (Å²) in [5, 5.41) is 9.95. The van der Waals surface area contributed by atoms with Gasteiger partial charge >= 0.3 is 0 Å². The van der Waals surface area contributed by atoms with Gasteiger partial charge in [0, 0.05) is 18.4 Å². The number of benzene rings is 1. The maximum atomic E-state index is 14.2. The minimum Gasteiger partial charge on any atom is -0.381 e. The number of hydrogen-bond acceptors (Lipinski definition) is 4. The molecule has 6 nitrogen and oxygen atoms in total. The number of nitrogens with zero attached hydrogens (tertiary/aromatic N) is 3. The Labute approximate surface area is 143 Å². The molecule has 1 fully saturated rings. The van der Waals surface area contributed by atoms with Gasteiger partial charge in [0.15, 0.2) is 5.82 Å². The number of carbonyl (C=O) groups excluding carboxylic acids is 1. The highest BCUT2D eigenvalue weighted by Crippen LogP contribution is 2.31. The predicted octanol–water partition coefficient (Wildman–Crippen LogP) is 3.23. The van der Waals surface area contributed by atoms with Crippen molar-refractivity contribution in [3.63, 3.8) is 0 Å². The summed E-state index contributed by atoms with van der Waals surface area (Å²) in [6.07, 6.45) is 5.47. The zero-order chi connectivity index (χ0) is 17.2. The molecule has 0 aliphatic heterocycles. The Morgan fingerprint density at radius 3 is 2.76 bits per heavy atom. The molecule has 2 heterocycles. The lowest BCUT2D eigenvalue weighted by atomic mass is 10.2. The van der Waals surface area contributed by atoms with Gasteiger partial charge in [-0.25, -0.2) is 14.1 Å². The van der Waals surface area contributed by atoms with E-state index in [0.29, 0.717) is 17.5 Å². The average molecular weight is 337 g/mol. The lowest BCUT2D eigenvalue weighted by Gasteiger charge is -2.13. The number of amides is 1. The fraction of sp³-hybridized carbons (Fsp3) is 0.167. The van der Waals surface area contributed by atoms with Crippen molar-refractivity contribution in [1.82, 2.24) is 14.8 Å². The minimum absolute atomic E-state index is 0.144. The van der Waals surface area contributed by atoms with Crippen LogP contribution in [0, 0.1) is 5.82 Å². The summed E-state index contributed by atoms with van der Waals surface area (Å²) < 4.78 is 15.8. The number of halogens is 1. The molecule has 2 N–H and O–H groups in total. The van der Waals surface area contributed by atoms with Gasteiger partial charge in [-0.05, 0) is 43.2 Å². The topological polar surface area (TPSA) is 71.8 Å². The molecule has 0 spiro atoms. The van der Waals surface area contributed by atoms with E-state index in [1.54, 1.807) is 53.5 Å². The van der Waals surface area contributed by atoms with Crippen LogP contribution in [0.25, 0.3) is 5.82 Å². The third kappa shape index (κ3) is 3.35. The first kappa shape index (κ1) is 15.3. The second-order valence-electron chi connectivity index (χ2n) is 5.87. The van der Waals surface area contributed by atoms with Crippen molar-refractivity contribution in [1.29, 1.82) is 0 Å². The number of para-hydroxylation sites is 1. The number of nitrogens with one attached hydrogen (secondary N) is 2. The Balaban J connectivity index is 1.59. The highest BCUT2D eigenvalue weighted by atomic mass is 19.1. The Morgan fingerprint density at radius 1 is 1.16 bits per heavy atom. The van der Waals surface area contributed by atoms with Crippen LogP contribution in [-0.2, 0) is 0 Å². The SMILES string of the molecule is O=C(Nc1c(F)cccc1NC1CC1)c1cccc(-n2cccn2)n1. The number of pyridine rings is 1. The average Bonchev–Trinajstić information content (AvgIpc) is 3.27. The Morgan fingerprint density at radius 2 is 2.00 bits per heavy atom. The van der Waals surface area contributed by atoms with E-state index in [9.17, 15) is 9.18 Å². The van der Waals surface area contributed by atoms with Gasteiger partial charge in [0.1, 0.15) is 17.2 Å². The van der Waals surface area contributed by atoms with Gasteiger partial charge in [-0.1, -0.05) is 12.1 Å². The molecule has 0 atom stereocenters. The zero-order valence-corrected chi connectivity index (χ0v) is 13.3. The lowest BCUT2D eigenvalue weighted by Crippen LogP contribution is -2.17. The zero-order valence-electron chi connectivity index (χ0n) is 13.3. The van der Waals surface area contributed by atoms with Gasteiger partial charge in [-0.2, -0.15) is 5.10 Å². The molecule has 1 aromatic carbocycles. The van der Waals surface area contributed by atoms with Crippen molar-refractivity contribution in [3.8, 4) is 5.82 Å². The van der Waals surface area contributed by atoms with E-state index in [2.05, 4.69) is 20.7 Å². The van der Waals surface area contributed by atoms with Crippen LogP contribution in [-0.4, -0.2) is 26.7 Å². The molecular formula is C18H16FN5O. The number of aromatic nitrogens is 3. The standard InChI is InChI=1S/C18H16FN5O/c19-13-4-1-5-14(21-12-8-9-12)17(13)23-18(25)15-6-2-7-16(22-15)24-11-3-10-20-24/h1-7,10-12,21H,8-9H2,(H,23,25). The van der Waals surface area contributed by atoms with E-state index in [-0.39, 0.29) is 11.4 Å². The van der Waals surface area contributed by atoms with Crippen LogP contribution in [0.4, 0.5) is 15.8 Å². The van der Waals surface area contributed by atoms with Gasteiger partial charge in [0.2, 0.25) is 0 Å². The number of anilines is 2. The largest absolute Gasteiger partial charge is 0.381 e. The molecule has 1 aliphatic carbocycles. The van der Waals surface area contributed by atoms with Crippen molar-refractivity contribution in [2.24, 2.45) is 0 Å². The van der Waals surface area contributed by atoms with Gasteiger partial charge in [0.05, 0.1) is 5.69 Å². The van der Waals surface area contributed by atoms with E-state index >= 15 is 0 Å². The summed E-state index contributed by atoms with van der Waals surface area (Å²) in [5.41, 5.74) is 0.915. The van der Waals surface area contributed by atoms with Crippen molar-refractivity contribution >= 4 is 17.3 Å². The smallest absolute Gasteiger partial charge is 0.274 e. The molecule has 1 amide bonds. The number of carbonyl (C=O) groups is 1. The van der Waals surface area contributed by atoms with E-state index in [1.807, 2.05) is 0 Å². The Bertz CT molecular complexity index is 906. The van der Waals surface area contributed by atoms with Crippen LogP contribution in [0.5, 0.6) is 0 Å². The van der Waals surface area contributed by atoms with Crippen LogP contribution in [0.3, 0.4) is 0 Å². The summed E-state index contributed by atoms with van der Waals surface area (Å²) in [6.45, 7) is 0. The molecule has 2 aromatic heterocycles. The second-order valence-corrected chi connectivity index (χ2v) is 5.87. The fourth-order valence-electron chi connectivity index (χ4n) is 2.48. The summed E-state index contributed by atoms with van der Waals surface area (Å²) in [7, 11) is 0. The van der Waals surface area contributed by atoms with Crippen molar-refractivity contribution < 1.29 is 9.18 Å². The maximum absolute atomic E-state index is 14.2. The molecule has 0 radical (unpaired) electrons. The van der Waals surface area contributed by atoms with E-state index in [1.165, 1.54) is 6.07 Å². The molecule has 4 rings (SSSR count). The van der Waals surface area contributed by atoms with Gasteiger partial charge in [0.25, 0.3) is 5.91 Å². The van der Waals surface area contributed by atoms with Crippen LogP contribution in [0.15, 0.2) is 54.9 Å². The fourth-order valence-corrected chi connectivity index (χ4v) is 2.48.